The minimum absolute atomic E-state index is 0.147. The third-order valence-electron chi connectivity index (χ3n) is 6.75. The summed E-state index contributed by atoms with van der Waals surface area (Å²) in [6.45, 7) is 8.45. The molecule has 0 aromatic rings. The lowest BCUT2D eigenvalue weighted by atomic mass is 9.66. The Labute approximate surface area is 128 Å². The van der Waals surface area contributed by atoms with Crippen LogP contribution in [-0.4, -0.2) is 16.5 Å². The molecule has 5 atom stereocenters. The molecule has 2 fully saturated rings. The molecule has 0 bridgehead atoms. The van der Waals surface area contributed by atoms with E-state index in [1.54, 1.807) is 0 Å². The van der Waals surface area contributed by atoms with Gasteiger partial charge in [0.25, 0.3) is 0 Å². The molecule has 3 aliphatic rings. The normalized spacial score (nSPS) is 46.1. The van der Waals surface area contributed by atoms with Crippen molar-refractivity contribution >= 4 is 5.78 Å². The van der Waals surface area contributed by atoms with E-state index in [1.807, 2.05) is 6.08 Å². The summed E-state index contributed by atoms with van der Waals surface area (Å²) in [5.74, 6) is 1.50. The highest BCUT2D eigenvalue weighted by Gasteiger charge is 2.55. The van der Waals surface area contributed by atoms with E-state index in [2.05, 4.69) is 39.8 Å². The van der Waals surface area contributed by atoms with E-state index in [0.29, 0.717) is 24.0 Å². The number of hydrogen-bond donors (Lipinski definition) is 1. The summed E-state index contributed by atoms with van der Waals surface area (Å²) in [7, 11) is 0. The fraction of sp³-hybridized carbons (Fsp3) is 0.737. The molecule has 116 valence electrons. The van der Waals surface area contributed by atoms with Gasteiger partial charge in [0.05, 0.1) is 11.0 Å². The number of carbonyl (C=O) groups is 1. The Morgan fingerprint density at radius 3 is 2.76 bits per heavy atom. The lowest BCUT2D eigenvalue weighted by Gasteiger charge is -2.36. The molecule has 0 aromatic heterocycles. The third-order valence-corrected chi connectivity index (χ3v) is 6.75. The molecule has 0 spiro atoms. The van der Waals surface area contributed by atoms with E-state index in [4.69, 9.17) is 0 Å². The zero-order valence-corrected chi connectivity index (χ0v) is 13.7. The second-order valence-corrected chi connectivity index (χ2v) is 8.02. The minimum Gasteiger partial charge on any atom is -0.389 e. The van der Waals surface area contributed by atoms with E-state index in [1.165, 1.54) is 5.57 Å². The van der Waals surface area contributed by atoms with Crippen molar-refractivity contribution in [1.82, 2.24) is 0 Å². The quantitative estimate of drug-likeness (QED) is 0.794. The van der Waals surface area contributed by atoms with Crippen LogP contribution >= 0.6 is 0 Å². The van der Waals surface area contributed by atoms with Crippen molar-refractivity contribution in [2.24, 2.45) is 29.1 Å². The summed E-state index contributed by atoms with van der Waals surface area (Å²) < 4.78 is 0. The average Bonchev–Trinajstić information content (AvgIpc) is 2.67. The number of ketones is 1. The fourth-order valence-electron chi connectivity index (χ4n) is 5.10. The van der Waals surface area contributed by atoms with Crippen molar-refractivity contribution in [2.45, 2.75) is 59.0 Å². The first-order valence-electron chi connectivity index (χ1n) is 8.40. The van der Waals surface area contributed by atoms with Crippen molar-refractivity contribution < 1.29 is 9.90 Å². The van der Waals surface area contributed by atoms with Crippen LogP contribution in [0.5, 0.6) is 0 Å². The van der Waals surface area contributed by atoms with Gasteiger partial charge in [0.2, 0.25) is 0 Å². The lowest BCUT2D eigenvalue weighted by Crippen LogP contribution is -2.42. The van der Waals surface area contributed by atoms with Gasteiger partial charge in [-0.2, -0.15) is 0 Å². The van der Waals surface area contributed by atoms with E-state index < -0.39 is 5.60 Å². The van der Waals surface area contributed by atoms with Crippen LogP contribution in [0, 0.1) is 29.1 Å². The number of fused-ring (bicyclic) bond motifs is 2. The molecule has 0 aromatic carbocycles. The van der Waals surface area contributed by atoms with Gasteiger partial charge in [0.1, 0.15) is 5.78 Å². The van der Waals surface area contributed by atoms with E-state index in [0.717, 1.165) is 19.3 Å². The standard InChI is InChI=1S/C19H28O2/c1-12(2)19(21)9-7-14-10-15-13(3)6-5-8-18(15,4)17(20)11-16(14)19/h5-6,8,12,14-16,21H,7,9-11H2,1-4H3. The number of rotatable bonds is 1. The maximum atomic E-state index is 13.0. The van der Waals surface area contributed by atoms with Crippen LogP contribution in [0.2, 0.25) is 0 Å². The van der Waals surface area contributed by atoms with Crippen molar-refractivity contribution in [1.29, 1.82) is 0 Å². The minimum atomic E-state index is -0.647. The Kier molecular flexibility index (Phi) is 3.44. The van der Waals surface area contributed by atoms with Crippen LogP contribution in [0.25, 0.3) is 0 Å². The van der Waals surface area contributed by atoms with Crippen LogP contribution in [0.15, 0.2) is 23.8 Å². The van der Waals surface area contributed by atoms with E-state index >= 15 is 0 Å². The van der Waals surface area contributed by atoms with Gasteiger partial charge in [-0.15, -0.1) is 0 Å². The Bertz CT molecular complexity index is 516. The molecule has 0 amide bonds. The molecular weight excluding hydrogens is 260 g/mol. The first-order chi connectivity index (χ1) is 9.79. The largest absolute Gasteiger partial charge is 0.389 e. The van der Waals surface area contributed by atoms with Crippen molar-refractivity contribution in [3.05, 3.63) is 23.8 Å². The van der Waals surface area contributed by atoms with Gasteiger partial charge in [-0.05, 0) is 56.8 Å². The summed E-state index contributed by atoms with van der Waals surface area (Å²) in [5, 5.41) is 11.1. The van der Waals surface area contributed by atoms with Gasteiger partial charge in [-0.3, -0.25) is 4.79 Å². The predicted molar refractivity (Wildman–Crippen MR) is 84.7 cm³/mol. The highest BCUT2D eigenvalue weighted by molar-refractivity contribution is 5.88. The first kappa shape index (κ1) is 15.0. The summed E-state index contributed by atoms with van der Waals surface area (Å²) >= 11 is 0. The molecule has 0 heterocycles. The molecule has 1 N–H and O–H groups in total. The summed E-state index contributed by atoms with van der Waals surface area (Å²) in [6, 6.07) is 0. The molecule has 21 heavy (non-hydrogen) atoms. The van der Waals surface area contributed by atoms with Crippen LogP contribution in [0.4, 0.5) is 0 Å². The van der Waals surface area contributed by atoms with Crippen LogP contribution < -0.4 is 0 Å². The molecule has 0 radical (unpaired) electrons. The number of carbonyl (C=O) groups excluding carboxylic acids is 1. The first-order valence-corrected chi connectivity index (χ1v) is 8.40. The molecule has 0 aliphatic heterocycles. The number of allylic oxidation sites excluding steroid dienone is 4. The highest BCUT2D eigenvalue weighted by Crippen LogP contribution is 2.55. The Balaban J connectivity index is 1.99. The molecule has 0 saturated heterocycles. The molecule has 2 saturated carbocycles. The monoisotopic (exact) mass is 288 g/mol. The number of aliphatic hydroxyl groups is 1. The topological polar surface area (TPSA) is 37.3 Å². The van der Waals surface area contributed by atoms with Gasteiger partial charge < -0.3 is 5.11 Å². The Hall–Kier alpha value is -0.890. The van der Waals surface area contributed by atoms with Gasteiger partial charge in [-0.25, -0.2) is 0 Å². The summed E-state index contributed by atoms with van der Waals surface area (Å²) in [6.07, 6.45) is 9.82. The number of hydrogen-bond acceptors (Lipinski definition) is 2. The van der Waals surface area contributed by atoms with Crippen LogP contribution in [0.1, 0.15) is 53.4 Å². The molecule has 3 aliphatic carbocycles. The van der Waals surface area contributed by atoms with E-state index in [-0.39, 0.29) is 17.3 Å². The van der Waals surface area contributed by atoms with Crippen molar-refractivity contribution in [3.63, 3.8) is 0 Å². The molecule has 3 rings (SSSR count). The second-order valence-electron chi connectivity index (χ2n) is 8.02. The number of Topliss-reactive ketones (excluding diaryl/α,β-unsaturated/α-hetero) is 1. The van der Waals surface area contributed by atoms with Crippen LogP contribution in [-0.2, 0) is 4.79 Å². The Morgan fingerprint density at radius 2 is 2.10 bits per heavy atom. The predicted octanol–water partition coefficient (Wildman–Crippen LogP) is 3.90. The van der Waals surface area contributed by atoms with Crippen LogP contribution in [0.3, 0.4) is 0 Å². The zero-order valence-electron chi connectivity index (χ0n) is 13.7. The van der Waals surface area contributed by atoms with E-state index in [9.17, 15) is 9.90 Å². The van der Waals surface area contributed by atoms with Gasteiger partial charge in [-0.1, -0.05) is 37.6 Å². The second kappa shape index (κ2) is 4.81. The molecule has 5 unspecified atom stereocenters. The zero-order chi connectivity index (χ0) is 15.4. The third kappa shape index (κ3) is 2.06. The Morgan fingerprint density at radius 1 is 1.38 bits per heavy atom. The summed E-state index contributed by atoms with van der Waals surface area (Å²) in [4.78, 5) is 13.0. The van der Waals surface area contributed by atoms with Gasteiger partial charge >= 0.3 is 0 Å². The van der Waals surface area contributed by atoms with Gasteiger partial charge in [0.15, 0.2) is 0 Å². The van der Waals surface area contributed by atoms with Crippen molar-refractivity contribution in [2.75, 3.05) is 0 Å². The maximum Gasteiger partial charge on any atom is 0.143 e. The average molecular weight is 288 g/mol. The lowest BCUT2D eigenvalue weighted by molar-refractivity contribution is -0.130. The molecule has 2 nitrogen and oxygen atoms in total. The molecule has 2 heteroatoms. The highest BCUT2D eigenvalue weighted by atomic mass is 16.3. The SMILES string of the molecule is CC1=CC=CC2(C)C(=O)CC3C(CCC3(O)C(C)C)CC12. The van der Waals surface area contributed by atoms with Crippen molar-refractivity contribution in [3.8, 4) is 0 Å². The fourth-order valence-corrected chi connectivity index (χ4v) is 5.10. The van der Waals surface area contributed by atoms with Gasteiger partial charge in [0, 0.05) is 6.42 Å². The molecular formula is C19H28O2. The maximum absolute atomic E-state index is 13.0. The summed E-state index contributed by atoms with van der Waals surface area (Å²) in [5.41, 5.74) is 0.320. The smallest absolute Gasteiger partial charge is 0.143 e.